The summed E-state index contributed by atoms with van der Waals surface area (Å²) in [6.07, 6.45) is 0.861. The second kappa shape index (κ2) is 7.04. The Morgan fingerprint density at radius 3 is 2.86 bits per heavy atom. The van der Waals surface area contributed by atoms with Crippen LogP contribution >= 0.6 is 0 Å². The molecule has 0 fully saturated rings. The van der Waals surface area contributed by atoms with E-state index in [9.17, 15) is 14.4 Å². The molecule has 0 aromatic heterocycles. The van der Waals surface area contributed by atoms with E-state index in [-0.39, 0.29) is 18.2 Å². The van der Waals surface area contributed by atoms with Crippen LogP contribution in [0.25, 0.3) is 0 Å². The molecule has 0 saturated carbocycles. The number of nitrogens with two attached hydrogens (primary N) is 1. The number of rotatable bonds is 6. The van der Waals surface area contributed by atoms with Crippen molar-refractivity contribution in [1.29, 1.82) is 0 Å². The van der Waals surface area contributed by atoms with Crippen LogP contribution in [-0.2, 0) is 16.0 Å². The molecule has 1 atom stereocenters. The molecule has 1 aliphatic rings. The van der Waals surface area contributed by atoms with Gasteiger partial charge in [0, 0.05) is 17.8 Å². The summed E-state index contributed by atoms with van der Waals surface area (Å²) in [6, 6.07) is 5.04. The zero-order valence-electron chi connectivity index (χ0n) is 12.1. The maximum atomic E-state index is 12.0. The van der Waals surface area contributed by atoms with Gasteiger partial charge in [0.25, 0.3) is 5.91 Å². The van der Waals surface area contributed by atoms with E-state index in [1.807, 2.05) is 0 Å². The molecule has 1 aromatic carbocycles. The molecule has 0 bridgehead atoms. The third-order valence-electron chi connectivity index (χ3n) is 3.55. The van der Waals surface area contributed by atoms with Gasteiger partial charge < -0.3 is 21.5 Å². The predicted molar refractivity (Wildman–Crippen MR) is 80.5 cm³/mol. The molecule has 0 radical (unpaired) electrons. The van der Waals surface area contributed by atoms with Crippen molar-refractivity contribution in [3.63, 3.8) is 0 Å². The molecule has 1 aromatic rings. The van der Waals surface area contributed by atoms with E-state index in [4.69, 9.17) is 10.8 Å². The molecule has 2 amide bonds. The van der Waals surface area contributed by atoms with E-state index >= 15 is 0 Å². The Hall–Kier alpha value is -2.41. The Morgan fingerprint density at radius 1 is 1.41 bits per heavy atom. The monoisotopic (exact) mass is 305 g/mol. The molecule has 0 saturated heterocycles. The minimum Gasteiger partial charge on any atom is -0.481 e. The average molecular weight is 305 g/mol. The molecule has 118 valence electrons. The SMILES string of the molecule is NCCCNC(=O)c1ccc2c(c1)NC(=O)C(CC(=O)O)C2. The lowest BCUT2D eigenvalue weighted by Gasteiger charge is -2.24. The van der Waals surface area contributed by atoms with Gasteiger partial charge in [-0.25, -0.2) is 0 Å². The maximum Gasteiger partial charge on any atom is 0.304 e. The Kier molecular flexibility index (Phi) is 5.11. The molecule has 1 heterocycles. The lowest BCUT2D eigenvalue weighted by molar-refractivity contribution is -0.140. The van der Waals surface area contributed by atoms with E-state index in [0.29, 0.717) is 37.2 Å². The van der Waals surface area contributed by atoms with Crippen molar-refractivity contribution in [3.05, 3.63) is 29.3 Å². The summed E-state index contributed by atoms with van der Waals surface area (Å²) in [7, 11) is 0. The number of carboxylic acid groups (broad SMARTS) is 1. The lowest BCUT2D eigenvalue weighted by atomic mass is 9.90. The van der Waals surface area contributed by atoms with Gasteiger partial charge in [0.05, 0.1) is 12.3 Å². The molecule has 0 aliphatic carbocycles. The first-order valence-electron chi connectivity index (χ1n) is 7.15. The van der Waals surface area contributed by atoms with Crippen molar-refractivity contribution in [2.75, 3.05) is 18.4 Å². The highest BCUT2D eigenvalue weighted by atomic mass is 16.4. The van der Waals surface area contributed by atoms with Crippen molar-refractivity contribution in [1.82, 2.24) is 5.32 Å². The first-order valence-corrected chi connectivity index (χ1v) is 7.15. The summed E-state index contributed by atoms with van der Waals surface area (Å²) < 4.78 is 0. The van der Waals surface area contributed by atoms with Gasteiger partial charge in [-0.05, 0) is 37.1 Å². The second-order valence-corrected chi connectivity index (χ2v) is 5.26. The number of hydrogen-bond acceptors (Lipinski definition) is 4. The van der Waals surface area contributed by atoms with E-state index in [1.54, 1.807) is 18.2 Å². The highest BCUT2D eigenvalue weighted by Crippen LogP contribution is 2.28. The van der Waals surface area contributed by atoms with Gasteiger partial charge in [-0.1, -0.05) is 6.07 Å². The van der Waals surface area contributed by atoms with E-state index in [0.717, 1.165) is 5.56 Å². The number of carbonyl (C=O) groups excluding carboxylic acids is 2. The number of carboxylic acids is 1. The predicted octanol–water partition coefficient (Wildman–Crippen LogP) is 0.351. The highest BCUT2D eigenvalue weighted by Gasteiger charge is 2.28. The largest absolute Gasteiger partial charge is 0.481 e. The normalized spacial score (nSPS) is 16.6. The molecule has 22 heavy (non-hydrogen) atoms. The van der Waals surface area contributed by atoms with Crippen LogP contribution in [0, 0.1) is 5.92 Å². The lowest BCUT2D eigenvalue weighted by Crippen LogP contribution is -2.32. The summed E-state index contributed by atoms with van der Waals surface area (Å²) in [5.74, 6) is -2.12. The van der Waals surface area contributed by atoms with Crippen molar-refractivity contribution >= 4 is 23.5 Å². The molecule has 5 N–H and O–H groups in total. The highest BCUT2D eigenvalue weighted by molar-refractivity contribution is 6.00. The minimum atomic E-state index is -1.00. The third-order valence-corrected chi connectivity index (χ3v) is 3.55. The standard InChI is InChI=1S/C15H19N3O4/c16-4-1-5-17-14(21)10-3-2-9-6-11(8-13(19)20)15(22)18-12(9)7-10/h2-3,7,11H,1,4-6,8,16H2,(H,17,21)(H,18,22)(H,19,20). The van der Waals surface area contributed by atoms with E-state index < -0.39 is 11.9 Å². The first-order chi connectivity index (χ1) is 10.5. The van der Waals surface area contributed by atoms with Gasteiger partial charge >= 0.3 is 5.97 Å². The molecule has 7 heteroatoms. The van der Waals surface area contributed by atoms with Crippen molar-refractivity contribution in [3.8, 4) is 0 Å². The minimum absolute atomic E-state index is 0.202. The van der Waals surface area contributed by atoms with Crippen LogP contribution in [0.15, 0.2) is 18.2 Å². The number of aliphatic carboxylic acids is 1. The fraction of sp³-hybridized carbons (Fsp3) is 0.400. The van der Waals surface area contributed by atoms with Crippen LogP contribution in [0.3, 0.4) is 0 Å². The van der Waals surface area contributed by atoms with Gasteiger partial charge in [0.1, 0.15) is 0 Å². The molecular weight excluding hydrogens is 286 g/mol. The van der Waals surface area contributed by atoms with Gasteiger partial charge in [-0.15, -0.1) is 0 Å². The number of hydrogen-bond donors (Lipinski definition) is 4. The molecule has 2 rings (SSSR count). The first kappa shape index (κ1) is 16.0. The van der Waals surface area contributed by atoms with Gasteiger partial charge in [0.2, 0.25) is 5.91 Å². The number of fused-ring (bicyclic) bond motifs is 1. The van der Waals surface area contributed by atoms with E-state index in [2.05, 4.69) is 10.6 Å². The summed E-state index contributed by atoms with van der Waals surface area (Å²) in [4.78, 5) is 34.6. The molecule has 0 spiro atoms. The van der Waals surface area contributed by atoms with Gasteiger partial charge in [0.15, 0.2) is 0 Å². The molecule has 1 unspecified atom stereocenters. The Labute approximate surface area is 127 Å². The Bertz CT molecular complexity index is 600. The summed E-state index contributed by atoms with van der Waals surface area (Å²) in [5.41, 5.74) is 7.22. The topological polar surface area (TPSA) is 122 Å². The smallest absolute Gasteiger partial charge is 0.304 e. The van der Waals surface area contributed by atoms with Crippen molar-refractivity contribution < 1.29 is 19.5 Å². The zero-order valence-corrected chi connectivity index (χ0v) is 12.1. The summed E-state index contributed by atoms with van der Waals surface area (Å²) in [5, 5.41) is 14.2. The van der Waals surface area contributed by atoms with Crippen LogP contribution in [0.5, 0.6) is 0 Å². The van der Waals surface area contributed by atoms with Crippen molar-refractivity contribution in [2.45, 2.75) is 19.3 Å². The van der Waals surface area contributed by atoms with Crippen LogP contribution in [-0.4, -0.2) is 36.0 Å². The second-order valence-electron chi connectivity index (χ2n) is 5.26. The quantitative estimate of drug-likeness (QED) is 0.565. The number of amides is 2. The Balaban J connectivity index is 2.09. The fourth-order valence-electron chi connectivity index (χ4n) is 2.39. The third kappa shape index (κ3) is 3.82. The van der Waals surface area contributed by atoms with Gasteiger partial charge in [-0.2, -0.15) is 0 Å². The molecule has 1 aliphatic heterocycles. The maximum absolute atomic E-state index is 12.0. The molecule has 7 nitrogen and oxygen atoms in total. The number of benzene rings is 1. The van der Waals surface area contributed by atoms with Crippen LogP contribution in [0.4, 0.5) is 5.69 Å². The van der Waals surface area contributed by atoms with Crippen LogP contribution in [0.1, 0.15) is 28.8 Å². The summed E-state index contributed by atoms with van der Waals surface area (Å²) >= 11 is 0. The van der Waals surface area contributed by atoms with E-state index in [1.165, 1.54) is 0 Å². The van der Waals surface area contributed by atoms with Gasteiger partial charge in [-0.3, -0.25) is 14.4 Å². The van der Waals surface area contributed by atoms with Crippen LogP contribution < -0.4 is 16.4 Å². The van der Waals surface area contributed by atoms with Crippen molar-refractivity contribution in [2.24, 2.45) is 11.7 Å². The average Bonchev–Trinajstić information content (AvgIpc) is 2.47. The molecular formula is C15H19N3O4. The van der Waals surface area contributed by atoms with Crippen LogP contribution in [0.2, 0.25) is 0 Å². The number of carbonyl (C=O) groups is 3. The number of anilines is 1. The zero-order chi connectivity index (χ0) is 16.1. The fourth-order valence-corrected chi connectivity index (χ4v) is 2.39. The summed E-state index contributed by atoms with van der Waals surface area (Å²) in [6.45, 7) is 1.00. The Morgan fingerprint density at radius 2 is 2.18 bits per heavy atom. The number of nitrogens with one attached hydrogen (secondary N) is 2.